The molecule has 3 amide bonds. The molecule has 1 aromatic rings. The smallest absolute Gasteiger partial charge is 0.321 e. The number of urea groups is 1. The molecule has 0 spiro atoms. The second-order valence-electron chi connectivity index (χ2n) is 5.55. The molecule has 0 saturated carbocycles. The number of imide groups is 1. The zero-order valence-corrected chi connectivity index (χ0v) is 13.5. The molecule has 1 rings (SSSR count). The largest absolute Gasteiger partial charge is 0.492 e. The average Bonchev–Trinajstić information content (AvgIpc) is 2.46. The number of nitrogens with one attached hydrogen (secondary N) is 2. The molecule has 1 aromatic carbocycles. The molecule has 22 heavy (non-hydrogen) atoms. The van der Waals surface area contributed by atoms with E-state index < -0.39 is 6.03 Å². The van der Waals surface area contributed by atoms with Crippen LogP contribution in [0.1, 0.15) is 13.8 Å². The minimum atomic E-state index is -0.451. The first-order valence-corrected chi connectivity index (χ1v) is 7.41. The lowest BCUT2D eigenvalue weighted by atomic mass is 10.2. The number of ether oxygens (including phenoxy) is 1. The van der Waals surface area contributed by atoms with Crippen LogP contribution in [0.3, 0.4) is 0 Å². The first-order valence-electron chi connectivity index (χ1n) is 7.41. The maximum atomic E-state index is 11.7. The van der Waals surface area contributed by atoms with E-state index >= 15 is 0 Å². The van der Waals surface area contributed by atoms with E-state index in [2.05, 4.69) is 10.6 Å². The van der Waals surface area contributed by atoms with E-state index in [1.54, 1.807) is 11.9 Å². The summed E-state index contributed by atoms with van der Waals surface area (Å²) in [5.41, 5.74) is 0. The maximum absolute atomic E-state index is 11.7. The molecule has 0 unspecified atom stereocenters. The fraction of sp³-hybridized carbons (Fsp3) is 0.500. The van der Waals surface area contributed by atoms with Crippen LogP contribution in [0.5, 0.6) is 5.75 Å². The Morgan fingerprint density at radius 2 is 1.91 bits per heavy atom. The van der Waals surface area contributed by atoms with Crippen LogP contribution in [0.25, 0.3) is 0 Å². The molecule has 0 saturated heterocycles. The summed E-state index contributed by atoms with van der Waals surface area (Å²) in [6.07, 6.45) is 0. The van der Waals surface area contributed by atoms with Crippen molar-refractivity contribution >= 4 is 11.9 Å². The summed E-state index contributed by atoms with van der Waals surface area (Å²) in [7, 11) is 1.81. The van der Waals surface area contributed by atoms with Crippen molar-refractivity contribution in [2.45, 2.75) is 13.8 Å². The number of hydrogen-bond acceptors (Lipinski definition) is 4. The van der Waals surface area contributed by atoms with Crippen molar-refractivity contribution in [3.05, 3.63) is 30.3 Å². The van der Waals surface area contributed by atoms with E-state index in [9.17, 15) is 9.59 Å². The lowest BCUT2D eigenvalue weighted by molar-refractivity contribution is -0.120. The first-order chi connectivity index (χ1) is 10.5. The Kier molecular flexibility index (Phi) is 7.99. The second kappa shape index (κ2) is 9.78. The third-order valence-corrected chi connectivity index (χ3v) is 2.82. The molecule has 0 aliphatic heterocycles. The van der Waals surface area contributed by atoms with Crippen molar-refractivity contribution in [2.24, 2.45) is 5.92 Å². The standard InChI is InChI=1S/C16H25N3O3/c1-13(2)11-17-16(21)18-15(20)12-19(3)9-10-22-14-7-5-4-6-8-14/h4-8,13H,9-12H2,1-3H3,(H2,17,18,20,21). The van der Waals surface area contributed by atoms with Crippen LogP contribution < -0.4 is 15.4 Å². The van der Waals surface area contributed by atoms with Gasteiger partial charge in [-0.3, -0.25) is 15.0 Å². The Hall–Kier alpha value is -2.08. The maximum Gasteiger partial charge on any atom is 0.321 e. The molecule has 122 valence electrons. The van der Waals surface area contributed by atoms with E-state index in [1.807, 2.05) is 44.2 Å². The summed E-state index contributed by atoms with van der Waals surface area (Å²) in [4.78, 5) is 24.9. The van der Waals surface area contributed by atoms with E-state index in [0.717, 1.165) is 5.75 Å². The van der Waals surface area contributed by atoms with Gasteiger partial charge < -0.3 is 10.1 Å². The van der Waals surface area contributed by atoms with Gasteiger partial charge in [0.2, 0.25) is 5.91 Å². The highest BCUT2D eigenvalue weighted by Gasteiger charge is 2.10. The summed E-state index contributed by atoms with van der Waals surface area (Å²) in [5, 5.41) is 4.94. The second-order valence-corrected chi connectivity index (χ2v) is 5.55. The van der Waals surface area contributed by atoms with Gasteiger partial charge in [-0.2, -0.15) is 0 Å². The third kappa shape index (κ3) is 8.26. The molecule has 0 bridgehead atoms. The van der Waals surface area contributed by atoms with Gasteiger partial charge in [-0.15, -0.1) is 0 Å². The van der Waals surface area contributed by atoms with Gasteiger partial charge in [0.05, 0.1) is 6.54 Å². The Labute approximate surface area is 131 Å². The zero-order chi connectivity index (χ0) is 16.4. The van der Waals surface area contributed by atoms with Crippen LogP contribution in [0, 0.1) is 5.92 Å². The van der Waals surface area contributed by atoms with Crippen LogP contribution in [0.4, 0.5) is 4.79 Å². The van der Waals surface area contributed by atoms with Gasteiger partial charge >= 0.3 is 6.03 Å². The number of hydrogen-bond donors (Lipinski definition) is 2. The van der Waals surface area contributed by atoms with Crippen molar-refractivity contribution < 1.29 is 14.3 Å². The molecule has 0 aliphatic rings. The van der Waals surface area contributed by atoms with Crippen LogP contribution in [-0.2, 0) is 4.79 Å². The van der Waals surface area contributed by atoms with Gasteiger partial charge in [-0.25, -0.2) is 4.79 Å². The minimum Gasteiger partial charge on any atom is -0.492 e. The highest BCUT2D eigenvalue weighted by Crippen LogP contribution is 2.07. The first kappa shape index (κ1) is 18.0. The van der Waals surface area contributed by atoms with Gasteiger partial charge in [0.15, 0.2) is 0 Å². The molecule has 0 heterocycles. The fourth-order valence-electron chi connectivity index (χ4n) is 1.67. The van der Waals surface area contributed by atoms with Crippen LogP contribution in [0.15, 0.2) is 30.3 Å². The molecule has 0 aromatic heterocycles. The van der Waals surface area contributed by atoms with Gasteiger partial charge in [0, 0.05) is 13.1 Å². The van der Waals surface area contributed by atoms with Gasteiger partial charge in [0.25, 0.3) is 0 Å². The lowest BCUT2D eigenvalue weighted by Crippen LogP contribution is -2.45. The van der Waals surface area contributed by atoms with Crippen molar-refractivity contribution in [1.82, 2.24) is 15.5 Å². The molecule has 0 aliphatic carbocycles. The third-order valence-electron chi connectivity index (χ3n) is 2.82. The Balaban J connectivity index is 2.17. The normalized spacial score (nSPS) is 10.6. The zero-order valence-electron chi connectivity index (χ0n) is 13.5. The summed E-state index contributed by atoms with van der Waals surface area (Å²) in [6, 6.07) is 9.04. The van der Waals surface area contributed by atoms with Crippen molar-refractivity contribution in [2.75, 3.05) is 33.3 Å². The highest BCUT2D eigenvalue weighted by atomic mass is 16.5. The predicted molar refractivity (Wildman–Crippen MR) is 85.8 cm³/mol. The van der Waals surface area contributed by atoms with E-state index in [-0.39, 0.29) is 12.5 Å². The SMILES string of the molecule is CC(C)CNC(=O)NC(=O)CN(C)CCOc1ccccc1. The Morgan fingerprint density at radius 1 is 1.23 bits per heavy atom. The molecule has 6 nitrogen and oxygen atoms in total. The minimum absolute atomic E-state index is 0.146. The van der Waals surface area contributed by atoms with Gasteiger partial charge in [-0.1, -0.05) is 32.0 Å². The quantitative estimate of drug-likeness (QED) is 0.763. The molecule has 0 radical (unpaired) electrons. The summed E-state index contributed by atoms with van der Waals surface area (Å²) < 4.78 is 5.55. The fourth-order valence-corrected chi connectivity index (χ4v) is 1.67. The number of likely N-dealkylation sites (N-methyl/N-ethyl adjacent to an activating group) is 1. The number of nitrogens with zero attached hydrogens (tertiary/aromatic N) is 1. The summed E-state index contributed by atoms with van der Waals surface area (Å²) >= 11 is 0. The van der Waals surface area contributed by atoms with E-state index in [1.165, 1.54) is 0 Å². The highest BCUT2D eigenvalue weighted by molar-refractivity contribution is 5.95. The Bertz CT molecular complexity index is 463. The van der Waals surface area contributed by atoms with Gasteiger partial charge in [0.1, 0.15) is 12.4 Å². The molecule has 6 heteroatoms. The van der Waals surface area contributed by atoms with E-state index in [0.29, 0.717) is 25.6 Å². The number of rotatable bonds is 8. The number of amides is 3. The monoisotopic (exact) mass is 307 g/mol. The molecular weight excluding hydrogens is 282 g/mol. The van der Waals surface area contributed by atoms with Crippen LogP contribution >= 0.6 is 0 Å². The summed E-state index contributed by atoms with van der Waals surface area (Å²) in [5.74, 6) is 0.815. The van der Waals surface area contributed by atoms with Crippen molar-refractivity contribution in [3.63, 3.8) is 0 Å². The van der Waals surface area contributed by atoms with Gasteiger partial charge in [-0.05, 0) is 25.1 Å². The molecule has 0 atom stereocenters. The number of carbonyl (C=O) groups is 2. The lowest BCUT2D eigenvalue weighted by Gasteiger charge is -2.16. The molecule has 0 fully saturated rings. The van der Waals surface area contributed by atoms with Crippen molar-refractivity contribution in [1.29, 1.82) is 0 Å². The Morgan fingerprint density at radius 3 is 2.55 bits per heavy atom. The molecular formula is C16H25N3O3. The van der Waals surface area contributed by atoms with Crippen LogP contribution in [0.2, 0.25) is 0 Å². The van der Waals surface area contributed by atoms with E-state index in [4.69, 9.17) is 4.74 Å². The summed E-state index contributed by atoms with van der Waals surface area (Å²) in [6.45, 7) is 5.74. The molecule has 2 N–H and O–H groups in total. The predicted octanol–water partition coefficient (Wildman–Crippen LogP) is 1.48. The number of para-hydroxylation sites is 1. The van der Waals surface area contributed by atoms with Crippen molar-refractivity contribution in [3.8, 4) is 5.75 Å². The number of benzene rings is 1. The average molecular weight is 307 g/mol. The van der Waals surface area contributed by atoms with Crippen LogP contribution in [-0.4, -0.2) is 50.1 Å². The number of carbonyl (C=O) groups excluding carboxylic acids is 2. The topological polar surface area (TPSA) is 70.7 Å².